The number of ether oxygens (including phenoxy) is 5. The summed E-state index contributed by atoms with van der Waals surface area (Å²) in [4.78, 5) is 93.6. The molecule has 18 nitrogen and oxygen atoms in total. The highest BCUT2D eigenvalue weighted by Crippen LogP contribution is 2.38. The lowest BCUT2D eigenvalue weighted by Gasteiger charge is -2.34. The molecule has 3 aliphatic heterocycles. The van der Waals surface area contributed by atoms with Crippen molar-refractivity contribution in [3.63, 3.8) is 0 Å². The molecule has 23 heteroatoms. The fourth-order valence-corrected chi connectivity index (χ4v) is 14.4. The molecule has 554 valence electrons. The third-order valence-corrected chi connectivity index (χ3v) is 20.2. The van der Waals surface area contributed by atoms with Gasteiger partial charge in [0, 0.05) is 76.5 Å². The zero-order valence-electron chi connectivity index (χ0n) is 61.1. The Morgan fingerprint density at radius 3 is 1.41 bits per heavy atom. The second kappa shape index (κ2) is 40.5. The normalized spacial score (nSPS) is 20.3. The van der Waals surface area contributed by atoms with Crippen LogP contribution in [0, 0.1) is 79.0 Å². The van der Waals surface area contributed by atoms with Gasteiger partial charge >= 0.3 is 30.1 Å². The molecule has 0 bridgehead atoms. The minimum Gasteiger partial charge on any atom is -0.465 e. The standard InChI is InChI=1S/C24H34N2O3S.C21H30N2O4S.C12H13IO2S.C9H18N2O2.C8H13ClO.2CH4/c1-16-6-8-17(9-7-16)22(27)26(18-11-13-25-15-18)20-14-19(10-12-24(2,3)4)30-21(20)23(28)29-5;1-20(2,3)10-8-15-12-16(17(28-15)18(24)26-7)22-14-9-11-23(13-14)19(25)27-21(4,5)6;1-12(2,3)6-5-8-7-9(13)10(16-8)11(14)15-4;1-9(2,3)13-8(12)11-5-4-7(10)6-11;1-6-2-4-7(5-3-6)8(9)10;;/h14,16-18,25H,6-9,11,13,15H2,1-5H3;12,14,22H,9,11,13H2,1-7H3;7H,1-4H3;7H,4-6,10H2,1-3H3;6-7H,2-5H2,1H3;2*1H4/t16?,17?,18-;14-;;7-;;;/m00.0.../s1. The van der Waals surface area contributed by atoms with Gasteiger partial charge < -0.3 is 54.8 Å². The molecule has 0 unspecified atom stereocenters. The van der Waals surface area contributed by atoms with Crippen molar-refractivity contribution < 1.29 is 57.2 Å². The number of carbonyl (C=O) groups is 7. The van der Waals surface area contributed by atoms with E-state index in [0.29, 0.717) is 51.6 Å². The average Bonchev–Trinajstić information content (AvgIpc) is 1.68. The van der Waals surface area contributed by atoms with Crippen LogP contribution in [0.5, 0.6) is 0 Å². The SMILES string of the molecule is C.C.CC(C)(C)OC(=O)N1CC[C@H](N)C1.CC1CCC(C(=O)Cl)CC1.COC(=O)c1sc(C#CC(C)(C)C)cc1I.COC(=O)c1sc(C#CC(C)(C)C)cc1N(C(=O)C1CCC(C)CC1)[C@H]1CCNC1.COC(=O)c1sc(C#CC(C)(C)C)cc1N[C@H]1CCN(C(=O)OC(C)(C)C)C1. The Kier molecular flexibility index (Phi) is 36.7. The van der Waals surface area contributed by atoms with Crippen LogP contribution < -0.4 is 21.3 Å². The van der Waals surface area contributed by atoms with Crippen LogP contribution in [0.25, 0.3) is 0 Å². The third kappa shape index (κ3) is 32.2. The number of nitrogens with two attached hydrogens (primary N) is 1. The molecular formula is C76H116ClIN6O12S3. The number of carbonyl (C=O) groups excluding carboxylic acids is 7. The van der Waals surface area contributed by atoms with E-state index < -0.39 is 23.1 Å². The van der Waals surface area contributed by atoms with E-state index in [1.807, 2.05) is 85.4 Å². The number of nitrogens with one attached hydrogen (secondary N) is 2. The van der Waals surface area contributed by atoms with Gasteiger partial charge in [-0.1, -0.05) is 64.2 Å². The first-order valence-electron chi connectivity index (χ1n) is 33.6. The number of esters is 3. The second-order valence-electron chi connectivity index (χ2n) is 30.5. The fraction of sp³-hybridized carbons (Fsp3) is 0.671. The molecule has 0 radical (unpaired) electrons. The van der Waals surface area contributed by atoms with E-state index in [0.717, 1.165) is 102 Å². The largest absolute Gasteiger partial charge is 0.465 e. The van der Waals surface area contributed by atoms with Crippen LogP contribution in [0.2, 0.25) is 0 Å². The van der Waals surface area contributed by atoms with E-state index in [-0.39, 0.29) is 90.4 Å². The number of nitrogens with zero attached hydrogens (tertiary/aromatic N) is 3. The number of hydrogen-bond donors (Lipinski definition) is 3. The molecule has 2 saturated carbocycles. The van der Waals surface area contributed by atoms with Crippen molar-refractivity contribution in [1.82, 2.24) is 15.1 Å². The Bertz CT molecular complexity index is 3340. The predicted octanol–water partition coefficient (Wildman–Crippen LogP) is 17.1. The summed E-state index contributed by atoms with van der Waals surface area (Å²) in [6, 6.07) is 5.92. The maximum Gasteiger partial charge on any atom is 0.410 e. The van der Waals surface area contributed by atoms with Crippen LogP contribution in [0.15, 0.2) is 18.2 Å². The maximum absolute atomic E-state index is 13.7. The Hall–Kier alpha value is -5.39. The van der Waals surface area contributed by atoms with Gasteiger partial charge in [-0.05, 0) is 245 Å². The van der Waals surface area contributed by atoms with Crippen LogP contribution >= 0.6 is 68.2 Å². The van der Waals surface area contributed by atoms with E-state index in [9.17, 15) is 33.6 Å². The number of anilines is 2. The number of methoxy groups -OCH3 is 3. The zero-order chi connectivity index (χ0) is 73.0. The van der Waals surface area contributed by atoms with Gasteiger partial charge in [-0.25, -0.2) is 24.0 Å². The Balaban J connectivity index is 0.000000443. The molecule has 4 N–H and O–H groups in total. The second-order valence-corrected chi connectivity index (χ2v) is 35.2. The summed E-state index contributed by atoms with van der Waals surface area (Å²) in [6.45, 7) is 38.2. The van der Waals surface area contributed by atoms with Crippen molar-refractivity contribution >= 4 is 121 Å². The van der Waals surface area contributed by atoms with Crippen molar-refractivity contribution in [3.05, 3.63) is 51.0 Å². The molecule has 3 amide bonds. The molecule has 8 rings (SSSR count). The summed E-state index contributed by atoms with van der Waals surface area (Å²) in [5.74, 6) is 19.7. The Labute approximate surface area is 624 Å². The highest BCUT2D eigenvalue weighted by atomic mass is 127. The zero-order valence-corrected chi connectivity index (χ0v) is 66.5. The molecule has 2 aliphatic carbocycles. The first-order valence-corrected chi connectivity index (χ1v) is 37.5. The topological polar surface area (TPSA) is 225 Å². The summed E-state index contributed by atoms with van der Waals surface area (Å²) < 4.78 is 26.2. The lowest BCUT2D eigenvalue weighted by Crippen LogP contribution is -2.46. The molecule has 5 aliphatic rings. The maximum atomic E-state index is 13.7. The molecule has 99 heavy (non-hydrogen) atoms. The average molecular weight is 1560 g/mol. The molecule has 3 aromatic heterocycles. The lowest BCUT2D eigenvalue weighted by atomic mass is 9.82. The van der Waals surface area contributed by atoms with Crippen molar-refractivity contribution in [2.75, 3.05) is 70.8 Å². The summed E-state index contributed by atoms with van der Waals surface area (Å²) in [5.41, 5.74) is 5.82. The van der Waals surface area contributed by atoms with E-state index in [1.165, 1.54) is 68.2 Å². The van der Waals surface area contributed by atoms with Crippen molar-refractivity contribution in [2.24, 2.45) is 45.7 Å². The van der Waals surface area contributed by atoms with Gasteiger partial charge in [0.2, 0.25) is 11.1 Å². The van der Waals surface area contributed by atoms with E-state index in [2.05, 4.69) is 124 Å². The molecule has 3 saturated heterocycles. The van der Waals surface area contributed by atoms with Crippen molar-refractivity contribution in [3.8, 4) is 35.5 Å². The van der Waals surface area contributed by atoms with E-state index in [1.54, 1.807) is 9.80 Å². The molecule has 0 aromatic carbocycles. The van der Waals surface area contributed by atoms with Gasteiger partial charge in [0.15, 0.2) is 0 Å². The first-order chi connectivity index (χ1) is 45.0. The summed E-state index contributed by atoms with van der Waals surface area (Å²) in [5, 5.41) is 6.62. The van der Waals surface area contributed by atoms with Crippen LogP contribution in [0.1, 0.15) is 247 Å². The van der Waals surface area contributed by atoms with Crippen LogP contribution in [-0.4, -0.2) is 141 Å². The van der Waals surface area contributed by atoms with Gasteiger partial charge in [0.05, 0.1) is 53.4 Å². The fourth-order valence-electron chi connectivity index (χ4n) is 10.5. The number of hydrogen-bond acceptors (Lipinski definition) is 18. The molecule has 6 heterocycles. The quantitative estimate of drug-likeness (QED) is 0.0595. The first kappa shape index (κ1) is 89.7. The minimum atomic E-state index is -0.519. The number of thiophene rings is 3. The van der Waals surface area contributed by atoms with E-state index >= 15 is 0 Å². The Morgan fingerprint density at radius 1 is 0.576 bits per heavy atom. The number of likely N-dealkylation sites (tertiary alicyclic amines) is 2. The van der Waals surface area contributed by atoms with Gasteiger partial charge in [-0.3, -0.25) is 9.59 Å². The number of halogens is 2. The van der Waals surface area contributed by atoms with Gasteiger partial charge in [0.1, 0.15) is 25.8 Å². The van der Waals surface area contributed by atoms with Gasteiger partial charge in [-0.15, -0.1) is 34.0 Å². The smallest absolute Gasteiger partial charge is 0.410 e. The molecule has 0 spiro atoms. The van der Waals surface area contributed by atoms with Crippen LogP contribution in [0.4, 0.5) is 21.0 Å². The molecular weight excluding hydrogens is 1450 g/mol. The highest BCUT2D eigenvalue weighted by molar-refractivity contribution is 14.1. The minimum absolute atomic E-state index is 0. The Morgan fingerprint density at radius 2 is 0.990 bits per heavy atom. The highest BCUT2D eigenvalue weighted by Gasteiger charge is 2.38. The summed E-state index contributed by atoms with van der Waals surface area (Å²) in [7, 11) is 4.14. The lowest BCUT2D eigenvalue weighted by molar-refractivity contribution is -0.124. The van der Waals surface area contributed by atoms with E-state index in [4.69, 9.17) is 41.0 Å². The number of rotatable bonds is 9. The van der Waals surface area contributed by atoms with Crippen LogP contribution in [-0.2, 0) is 33.3 Å². The monoisotopic (exact) mass is 1560 g/mol. The molecule has 5 fully saturated rings. The number of amides is 3. The van der Waals surface area contributed by atoms with Gasteiger partial charge in [-0.2, -0.15) is 0 Å². The summed E-state index contributed by atoms with van der Waals surface area (Å²) in [6.07, 6.45) is 10.3. The van der Waals surface area contributed by atoms with Crippen molar-refractivity contribution in [1.29, 1.82) is 0 Å². The molecule has 3 atom stereocenters. The van der Waals surface area contributed by atoms with Crippen molar-refractivity contribution in [2.45, 2.75) is 233 Å². The summed E-state index contributed by atoms with van der Waals surface area (Å²) >= 11 is 11.5. The van der Waals surface area contributed by atoms with Crippen LogP contribution in [0.3, 0.4) is 0 Å². The van der Waals surface area contributed by atoms with Gasteiger partial charge in [0.25, 0.3) is 0 Å². The predicted molar refractivity (Wildman–Crippen MR) is 414 cm³/mol. The third-order valence-electron chi connectivity index (χ3n) is 15.6. The molecule has 3 aromatic rings.